The number of nitrogens with zero attached hydrogens (tertiary/aromatic N) is 2. The smallest absolute Gasteiger partial charge is 0.216 e. The summed E-state index contributed by atoms with van der Waals surface area (Å²) < 4.78 is 1.19. The molecule has 0 unspecified atom stereocenters. The van der Waals surface area contributed by atoms with Crippen LogP contribution in [0.25, 0.3) is 0 Å². The van der Waals surface area contributed by atoms with Crippen molar-refractivity contribution in [2.45, 2.75) is 0 Å². The van der Waals surface area contributed by atoms with Crippen LogP contribution < -0.4 is 10.3 Å². The Hall–Kier alpha value is -2.95. The molecule has 1 N–H and O–H groups in total. The number of hydrogen-bond donors (Lipinski definition) is 1. The van der Waals surface area contributed by atoms with Crippen molar-refractivity contribution >= 4 is 24.0 Å². The van der Waals surface area contributed by atoms with E-state index in [2.05, 4.69) is 5.43 Å². The molecular formula is C15H12N3O2+. The van der Waals surface area contributed by atoms with Gasteiger partial charge in [-0.2, -0.15) is 4.79 Å². The minimum absolute atomic E-state index is 0.426. The molecule has 5 heteroatoms. The molecule has 1 saturated heterocycles. The molecule has 1 fully saturated rings. The Labute approximate surface area is 115 Å². The van der Waals surface area contributed by atoms with Crippen LogP contribution in [-0.4, -0.2) is 23.0 Å². The summed E-state index contributed by atoms with van der Waals surface area (Å²) in [6.07, 6.45) is 1.59. The van der Waals surface area contributed by atoms with Gasteiger partial charge in [-0.25, -0.2) is 4.79 Å². The summed E-state index contributed by atoms with van der Waals surface area (Å²) in [7, 11) is 0. The van der Waals surface area contributed by atoms with Crippen LogP contribution in [-0.2, 0) is 0 Å². The minimum atomic E-state index is -0.464. The van der Waals surface area contributed by atoms with E-state index in [4.69, 9.17) is 0 Å². The van der Waals surface area contributed by atoms with Crippen molar-refractivity contribution in [3.63, 3.8) is 0 Å². The highest BCUT2D eigenvalue weighted by molar-refractivity contribution is 6.14. The zero-order valence-corrected chi connectivity index (χ0v) is 10.6. The summed E-state index contributed by atoms with van der Waals surface area (Å²) in [6, 6.07) is 17.2. The number of hydrazone groups is 1. The Bertz CT molecular complexity index is 681. The second-order valence-corrected chi connectivity index (χ2v) is 4.28. The van der Waals surface area contributed by atoms with Crippen LogP contribution in [0.15, 0.2) is 60.7 Å². The highest BCUT2D eigenvalue weighted by Crippen LogP contribution is 2.17. The SMILES string of the molecule is O=C1N/[N+](=C\c2ccccc2)C(=O)N1c1ccccc1. The van der Waals surface area contributed by atoms with Gasteiger partial charge in [-0.3, -0.25) is 0 Å². The van der Waals surface area contributed by atoms with Gasteiger partial charge in [0.05, 0.1) is 0 Å². The molecule has 3 rings (SSSR count). The molecule has 0 spiro atoms. The van der Waals surface area contributed by atoms with E-state index in [0.29, 0.717) is 5.69 Å². The molecule has 0 atom stereocenters. The predicted octanol–water partition coefficient (Wildman–Crippen LogP) is 2.38. The molecule has 2 aromatic carbocycles. The molecule has 0 aromatic heterocycles. The number of amides is 4. The molecule has 2 aromatic rings. The van der Waals surface area contributed by atoms with Crippen molar-refractivity contribution in [2.24, 2.45) is 0 Å². The maximum atomic E-state index is 12.3. The Morgan fingerprint density at radius 2 is 1.50 bits per heavy atom. The third-order valence-electron chi connectivity index (χ3n) is 2.91. The average molecular weight is 266 g/mol. The molecule has 0 saturated carbocycles. The van der Waals surface area contributed by atoms with Gasteiger partial charge in [0.1, 0.15) is 11.9 Å². The maximum Gasteiger partial charge on any atom is 0.531 e. The lowest BCUT2D eigenvalue weighted by Crippen LogP contribution is -2.29. The topological polar surface area (TPSA) is 52.4 Å². The van der Waals surface area contributed by atoms with E-state index < -0.39 is 12.1 Å². The fourth-order valence-corrected chi connectivity index (χ4v) is 1.98. The lowest BCUT2D eigenvalue weighted by atomic mass is 10.2. The molecule has 0 radical (unpaired) electrons. The van der Waals surface area contributed by atoms with Crippen molar-refractivity contribution in [1.29, 1.82) is 0 Å². The molecule has 1 aliphatic rings. The zero-order chi connectivity index (χ0) is 13.9. The molecule has 4 amide bonds. The van der Waals surface area contributed by atoms with E-state index in [9.17, 15) is 9.59 Å². The van der Waals surface area contributed by atoms with Gasteiger partial charge >= 0.3 is 12.1 Å². The Kier molecular flexibility index (Phi) is 3.01. The Morgan fingerprint density at radius 3 is 2.15 bits per heavy atom. The van der Waals surface area contributed by atoms with E-state index in [1.165, 1.54) is 4.68 Å². The van der Waals surface area contributed by atoms with Crippen molar-refractivity contribution in [3.8, 4) is 0 Å². The fourth-order valence-electron chi connectivity index (χ4n) is 1.98. The van der Waals surface area contributed by atoms with Gasteiger partial charge < -0.3 is 0 Å². The van der Waals surface area contributed by atoms with Crippen LogP contribution in [0.5, 0.6) is 0 Å². The first-order valence-corrected chi connectivity index (χ1v) is 6.14. The number of nitrogens with one attached hydrogen (secondary N) is 1. The lowest BCUT2D eigenvalue weighted by Gasteiger charge is -2.00. The summed E-state index contributed by atoms with van der Waals surface area (Å²) in [5, 5.41) is 0. The van der Waals surface area contributed by atoms with E-state index >= 15 is 0 Å². The highest BCUT2D eigenvalue weighted by atomic mass is 16.2. The molecule has 1 heterocycles. The highest BCUT2D eigenvalue weighted by Gasteiger charge is 2.44. The quantitative estimate of drug-likeness (QED) is 0.848. The fraction of sp³-hybridized carbons (Fsp3) is 0. The van der Waals surface area contributed by atoms with Crippen molar-refractivity contribution in [1.82, 2.24) is 5.43 Å². The van der Waals surface area contributed by atoms with Gasteiger partial charge in [0.2, 0.25) is 0 Å². The van der Waals surface area contributed by atoms with Crippen LogP contribution in [0, 0.1) is 0 Å². The number of imide groups is 1. The molecule has 20 heavy (non-hydrogen) atoms. The van der Waals surface area contributed by atoms with Crippen molar-refractivity contribution in [3.05, 3.63) is 66.2 Å². The molecule has 1 aliphatic heterocycles. The van der Waals surface area contributed by atoms with Crippen LogP contribution in [0.1, 0.15) is 5.56 Å². The molecule has 0 bridgehead atoms. The number of benzene rings is 2. The number of urea groups is 2. The number of carbonyl (C=O) groups is 2. The molecule has 0 aliphatic carbocycles. The van der Waals surface area contributed by atoms with Crippen molar-refractivity contribution < 1.29 is 14.3 Å². The van der Waals surface area contributed by atoms with Gasteiger partial charge in [-0.1, -0.05) is 53.2 Å². The Morgan fingerprint density at radius 1 is 0.900 bits per heavy atom. The molecule has 5 nitrogen and oxygen atoms in total. The number of carbonyl (C=O) groups excluding carboxylic acids is 2. The summed E-state index contributed by atoms with van der Waals surface area (Å²) in [4.78, 5) is 25.3. The van der Waals surface area contributed by atoms with E-state index in [0.717, 1.165) is 10.5 Å². The first-order valence-electron chi connectivity index (χ1n) is 6.14. The zero-order valence-electron chi connectivity index (χ0n) is 10.6. The number of para-hydroxylation sites is 1. The Balaban J connectivity index is 1.93. The summed E-state index contributed by atoms with van der Waals surface area (Å²) in [5.41, 5.74) is 3.89. The van der Waals surface area contributed by atoms with Gasteiger partial charge in [0.15, 0.2) is 0 Å². The largest absolute Gasteiger partial charge is 0.531 e. The van der Waals surface area contributed by atoms with Gasteiger partial charge in [-0.05, 0) is 12.1 Å². The van der Waals surface area contributed by atoms with Crippen LogP contribution >= 0.6 is 0 Å². The summed E-state index contributed by atoms with van der Waals surface area (Å²) >= 11 is 0. The van der Waals surface area contributed by atoms with Gasteiger partial charge in [-0.15, -0.1) is 10.3 Å². The lowest BCUT2D eigenvalue weighted by molar-refractivity contribution is -0.458. The first-order chi connectivity index (χ1) is 9.75. The predicted molar refractivity (Wildman–Crippen MR) is 74.7 cm³/mol. The number of hydrazine groups is 1. The number of rotatable bonds is 2. The number of anilines is 1. The summed E-state index contributed by atoms with van der Waals surface area (Å²) in [6.45, 7) is 0. The van der Waals surface area contributed by atoms with Crippen LogP contribution in [0.4, 0.5) is 15.3 Å². The second kappa shape index (κ2) is 4.97. The third-order valence-corrected chi connectivity index (χ3v) is 2.91. The van der Waals surface area contributed by atoms with E-state index in [1.807, 2.05) is 36.4 Å². The molecule has 98 valence electrons. The number of hydrogen-bond acceptors (Lipinski definition) is 2. The maximum absolute atomic E-state index is 12.3. The third kappa shape index (κ3) is 2.16. The normalized spacial score (nSPS) is 16.6. The first kappa shape index (κ1) is 12.1. The average Bonchev–Trinajstić information content (AvgIpc) is 2.75. The minimum Gasteiger partial charge on any atom is -0.216 e. The standard InChI is InChI=1S/C15H11N3O2/c19-14-16-17(11-12-7-3-1-4-8-12)15(20)18(14)13-9-5-2-6-10-13/h1-11H/p+1/b17-11-. The van der Waals surface area contributed by atoms with Crippen LogP contribution in [0.2, 0.25) is 0 Å². The summed E-state index contributed by atoms with van der Waals surface area (Å²) in [5.74, 6) is 0. The monoisotopic (exact) mass is 266 g/mol. The molecular weight excluding hydrogens is 254 g/mol. The second-order valence-electron chi connectivity index (χ2n) is 4.28. The van der Waals surface area contributed by atoms with E-state index in [-0.39, 0.29) is 0 Å². The van der Waals surface area contributed by atoms with Gasteiger partial charge in [0.25, 0.3) is 0 Å². The van der Waals surface area contributed by atoms with Crippen molar-refractivity contribution in [2.75, 3.05) is 4.90 Å². The van der Waals surface area contributed by atoms with E-state index in [1.54, 1.807) is 30.5 Å². The van der Waals surface area contributed by atoms with Crippen LogP contribution in [0.3, 0.4) is 0 Å². The van der Waals surface area contributed by atoms with Gasteiger partial charge in [0, 0.05) is 5.56 Å².